The topological polar surface area (TPSA) is 65.0 Å². The van der Waals surface area contributed by atoms with E-state index in [4.69, 9.17) is 19.3 Å². The molecule has 0 aromatic rings. The van der Waals surface area contributed by atoms with Gasteiger partial charge in [0.05, 0.1) is 33.0 Å². The maximum Gasteiger partial charge on any atom is 0.305 e. The molecule has 0 spiro atoms. The molecule has 0 saturated heterocycles. The van der Waals surface area contributed by atoms with Gasteiger partial charge in [-0.1, -0.05) is 102 Å². The predicted octanol–water partition coefficient (Wildman–Crippen LogP) is 6.99. The Morgan fingerprint density at radius 1 is 0.583 bits per heavy atom. The first kappa shape index (κ1) is 34.5. The van der Waals surface area contributed by atoms with Crippen LogP contribution in [-0.4, -0.2) is 50.7 Å². The Morgan fingerprint density at radius 3 is 1.56 bits per heavy atom. The van der Waals surface area contributed by atoms with E-state index in [2.05, 4.69) is 30.6 Å². The Labute approximate surface area is 222 Å². The molecule has 0 atom stereocenters. The highest BCUT2D eigenvalue weighted by molar-refractivity contribution is 5.69. The van der Waals surface area contributed by atoms with Crippen LogP contribution in [0.4, 0.5) is 0 Å². The number of ether oxygens (including phenoxy) is 3. The third-order valence-corrected chi connectivity index (χ3v) is 5.93. The van der Waals surface area contributed by atoms with Crippen molar-refractivity contribution in [3.63, 3.8) is 0 Å². The van der Waals surface area contributed by atoms with Crippen molar-refractivity contribution in [3.8, 4) is 23.7 Å². The predicted molar refractivity (Wildman–Crippen MR) is 149 cm³/mol. The van der Waals surface area contributed by atoms with Crippen molar-refractivity contribution < 1.29 is 24.1 Å². The van der Waals surface area contributed by atoms with Crippen molar-refractivity contribution in [1.29, 1.82) is 0 Å². The Morgan fingerprint density at radius 2 is 1.03 bits per heavy atom. The maximum atomic E-state index is 11.7. The van der Waals surface area contributed by atoms with E-state index in [9.17, 15) is 4.79 Å². The highest BCUT2D eigenvalue weighted by Gasteiger charge is 2.02. The Kier molecular flexibility index (Phi) is 30.2. The fourth-order valence-electron chi connectivity index (χ4n) is 3.78. The summed E-state index contributed by atoms with van der Waals surface area (Å²) in [6.07, 6.45) is 22.6. The zero-order chi connectivity index (χ0) is 26.2. The van der Waals surface area contributed by atoms with E-state index < -0.39 is 0 Å². The lowest BCUT2D eigenvalue weighted by molar-refractivity contribution is -0.145. The summed E-state index contributed by atoms with van der Waals surface area (Å²) in [5.74, 6) is 12.2. The van der Waals surface area contributed by atoms with Crippen LogP contribution >= 0.6 is 0 Å². The van der Waals surface area contributed by atoms with E-state index in [0.29, 0.717) is 32.8 Å². The van der Waals surface area contributed by atoms with E-state index >= 15 is 0 Å². The first-order valence-electron chi connectivity index (χ1n) is 14.7. The van der Waals surface area contributed by atoms with Gasteiger partial charge in [0, 0.05) is 19.3 Å². The molecule has 0 saturated carbocycles. The highest BCUT2D eigenvalue weighted by atomic mass is 16.6. The molecule has 0 heterocycles. The van der Waals surface area contributed by atoms with Crippen molar-refractivity contribution >= 4 is 5.97 Å². The maximum absolute atomic E-state index is 11.7. The Balaban J connectivity index is 3.30. The zero-order valence-corrected chi connectivity index (χ0v) is 23.3. The third-order valence-electron chi connectivity index (χ3n) is 5.93. The van der Waals surface area contributed by atoms with Crippen LogP contribution in [0.2, 0.25) is 0 Å². The summed E-state index contributed by atoms with van der Waals surface area (Å²) in [7, 11) is 0. The number of rotatable bonds is 26. The minimum Gasteiger partial charge on any atom is -0.463 e. The normalized spacial score (nSPS) is 10.4. The number of aliphatic hydroxyl groups excluding tert-OH is 1. The van der Waals surface area contributed by atoms with E-state index in [1.165, 1.54) is 77.0 Å². The standard InChI is InChI=1S/C31H54O5/c1-2-3-4-5-6-7-8-9-10-11-12-13-14-15-16-17-18-19-20-21-22-23-24-31(33)36-30-29-35-28-27-34-26-25-32/h32H,2-12,17-30H2,1H3. The number of esters is 1. The average Bonchev–Trinajstić information content (AvgIpc) is 2.88. The molecule has 0 bridgehead atoms. The van der Waals surface area contributed by atoms with Crippen LogP contribution in [0.1, 0.15) is 129 Å². The molecule has 0 aliphatic carbocycles. The summed E-state index contributed by atoms with van der Waals surface area (Å²) in [5.41, 5.74) is 0. The SMILES string of the molecule is CCCCCCCCCCCCC#CC#CCCCCCCCCC(=O)OCCOCCOCCO. The van der Waals surface area contributed by atoms with Crippen molar-refractivity contribution in [1.82, 2.24) is 0 Å². The Hall–Kier alpha value is -1.53. The van der Waals surface area contributed by atoms with Crippen molar-refractivity contribution in [2.75, 3.05) is 39.6 Å². The number of carbonyl (C=O) groups is 1. The fourth-order valence-corrected chi connectivity index (χ4v) is 3.78. The lowest BCUT2D eigenvalue weighted by Crippen LogP contribution is -2.13. The lowest BCUT2D eigenvalue weighted by Gasteiger charge is -2.06. The quantitative estimate of drug-likeness (QED) is 0.0778. The molecule has 0 amide bonds. The molecular weight excluding hydrogens is 452 g/mol. The van der Waals surface area contributed by atoms with Crippen LogP contribution in [0.15, 0.2) is 0 Å². The molecule has 0 aliphatic rings. The molecule has 5 heteroatoms. The first-order chi connectivity index (χ1) is 17.8. The first-order valence-corrected chi connectivity index (χ1v) is 14.7. The minimum atomic E-state index is -0.153. The molecule has 0 aromatic heterocycles. The number of hydrogen-bond acceptors (Lipinski definition) is 5. The molecule has 208 valence electrons. The second-order valence-electron chi connectivity index (χ2n) is 9.33. The number of unbranched alkanes of at least 4 members (excludes halogenated alkanes) is 16. The smallest absolute Gasteiger partial charge is 0.305 e. The van der Waals surface area contributed by atoms with Crippen LogP contribution in [0, 0.1) is 23.7 Å². The van der Waals surface area contributed by atoms with E-state index in [-0.39, 0.29) is 19.2 Å². The Bertz CT molecular complexity index is 581. The van der Waals surface area contributed by atoms with E-state index in [1.54, 1.807) is 0 Å². The van der Waals surface area contributed by atoms with Crippen LogP contribution in [-0.2, 0) is 19.0 Å². The van der Waals surface area contributed by atoms with Gasteiger partial charge < -0.3 is 19.3 Å². The molecule has 0 unspecified atom stereocenters. The minimum absolute atomic E-state index is 0.0154. The highest BCUT2D eigenvalue weighted by Crippen LogP contribution is 2.11. The van der Waals surface area contributed by atoms with Gasteiger partial charge in [-0.05, 0) is 31.1 Å². The molecule has 36 heavy (non-hydrogen) atoms. The molecular formula is C31H54O5. The largest absolute Gasteiger partial charge is 0.463 e. The van der Waals surface area contributed by atoms with Crippen LogP contribution < -0.4 is 0 Å². The second-order valence-corrected chi connectivity index (χ2v) is 9.33. The molecule has 0 aliphatic heterocycles. The van der Waals surface area contributed by atoms with Gasteiger partial charge in [-0.2, -0.15) is 0 Å². The van der Waals surface area contributed by atoms with Crippen molar-refractivity contribution in [2.45, 2.75) is 129 Å². The van der Waals surface area contributed by atoms with Crippen LogP contribution in [0.3, 0.4) is 0 Å². The number of aliphatic hydroxyl groups is 1. The summed E-state index contributed by atoms with van der Waals surface area (Å²) < 4.78 is 15.5. The van der Waals surface area contributed by atoms with Gasteiger partial charge >= 0.3 is 5.97 Å². The lowest BCUT2D eigenvalue weighted by atomic mass is 10.1. The van der Waals surface area contributed by atoms with Gasteiger partial charge in [-0.3, -0.25) is 4.79 Å². The van der Waals surface area contributed by atoms with Crippen LogP contribution in [0.5, 0.6) is 0 Å². The van der Waals surface area contributed by atoms with E-state index in [0.717, 1.165) is 38.5 Å². The average molecular weight is 507 g/mol. The monoisotopic (exact) mass is 506 g/mol. The van der Waals surface area contributed by atoms with Crippen molar-refractivity contribution in [3.05, 3.63) is 0 Å². The van der Waals surface area contributed by atoms with Gasteiger partial charge in [0.1, 0.15) is 6.61 Å². The molecule has 0 radical (unpaired) electrons. The van der Waals surface area contributed by atoms with Gasteiger partial charge in [-0.15, -0.1) is 0 Å². The summed E-state index contributed by atoms with van der Waals surface area (Å²) in [5, 5.41) is 8.57. The number of carbonyl (C=O) groups excluding carboxylic acids is 1. The van der Waals surface area contributed by atoms with E-state index in [1.807, 2.05) is 0 Å². The number of hydrogen-bond donors (Lipinski definition) is 1. The summed E-state index contributed by atoms with van der Waals surface area (Å²) in [4.78, 5) is 11.7. The van der Waals surface area contributed by atoms with Crippen molar-refractivity contribution in [2.24, 2.45) is 0 Å². The zero-order valence-electron chi connectivity index (χ0n) is 23.3. The summed E-state index contributed by atoms with van der Waals surface area (Å²) in [6.45, 7) is 4.14. The fraction of sp³-hybridized carbons (Fsp3) is 0.839. The van der Waals surface area contributed by atoms with Gasteiger partial charge in [-0.25, -0.2) is 0 Å². The molecule has 5 nitrogen and oxygen atoms in total. The second kappa shape index (κ2) is 31.5. The van der Waals surface area contributed by atoms with Gasteiger partial charge in [0.15, 0.2) is 0 Å². The molecule has 0 fully saturated rings. The van der Waals surface area contributed by atoms with Gasteiger partial charge in [0.25, 0.3) is 0 Å². The molecule has 0 rings (SSSR count). The molecule has 0 aromatic carbocycles. The van der Waals surface area contributed by atoms with Gasteiger partial charge in [0.2, 0.25) is 0 Å². The summed E-state index contributed by atoms with van der Waals surface area (Å²) >= 11 is 0. The third kappa shape index (κ3) is 30.5. The summed E-state index contributed by atoms with van der Waals surface area (Å²) in [6, 6.07) is 0. The molecule has 1 N–H and O–H groups in total. The van der Waals surface area contributed by atoms with Crippen LogP contribution in [0.25, 0.3) is 0 Å².